The van der Waals surface area contributed by atoms with E-state index in [-0.39, 0.29) is 10.8 Å². The van der Waals surface area contributed by atoms with Gasteiger partial charge in [-0.3, -0.25) is 4.79 Å². The molecule has 1 heterocycles. The van der Waals surface area contributed by atoms with Crippen molar-refractivity contribution in [2.24, 2.45) is 0 Å². The molecule has 8 heteroatoms. The SMILES string of the molecule is O=C(CS(=O)(=O)Cc1ccc(Cl)c(Cl)c1)NCc1cccs1. The third-order valence-electron chi connectivity index (χ3n) is 2.76. The summed E-state index contributed by atoms with van der Waals surface area (Å²) in [4.78, 5) is 12.7. The number of hydrogen-bond donors (Lipinski definition) is 1. The Morgan fingerprint density at radius 2 is 1.95 bits per heavy atom. The fraction of sp³-hybridized carbons (Fsp3) is 0.214. The average Bonchev–Trinajstić information content (AvgIpc) is 2.93. The zero-order valence-electron chi connectivity index (χ0n) is 11.4. The molecule has 0 atom stereocenters. The molecule has 0 fully saturated rings. The first-order valence-electron chi connectivity index (χ1n) is 6.29. The highest BCUT2D eigenvalue weighted by atomic mass is 35.5. The van der Waals surface area contributed by atoms with E-state index >= 15 is 0 Å². The summed E-state index contributed by atoms with van der Waals surface area (Å²) in [5.74, 6) is -1.33. The van der Waals surface area contributed by atoms with Crippen molar-refractivity contribution >= 4 is 50.3 Å². The minimum atomic E-state index is -3.56. The Morgan fingerprint density at radius 1 is 1.18 bits per heavy atom. The summed E-state index contributed by atoms with van der Waals surface area (Å²) in [5, 5.41) is 5.13. The van der Waals surface area contributed by atoms with Gasteiger partial charge in [-0.15, -0.1) is 11.3 Å². The second-order valence-corrected chi connectivity index (χ2v) is 8.55. The van der Waals surface area contributed by atoms with Crippen LogP contribution < -0.4 is 5.32 Å². The Hall–Kier alpha value is -1.08. The smallest absolute Gasteiger partial charge is 0.235 e. The molecule has 0 unspecified atom stereocenters. The summed E-state index contributed by atoms with van der Waals surface area (Å²) in [6.45, 7) is 0.332. The minimum absolute atomic E-state index is 0.254. The van der Waals surface area contributed by atoms with Crippen molar-refractivity contribution in [3.8, 4) is 0 Å². The van der Waals surface area contributed by atoms with Crippen LogP contribution in [0.5, 0.6) is 0 Å². The van der Waals surface area contributed by atoms with Gasteiger partial charge in [-0.05, 0) is 29.1 Å². The molecule has 0 aliphatic rings. The molecule has 0 aliphatic heterocycles. The number of carbonyl (C=O) groups is 1. The van der Waals surface area contributed by atoms with Crippen molar-refractivity contribution in [1.82, 2.24) is 5.32 Å². The fourth-order valence-corrected chi connectivity index (χ4v) is 4.04. The standard InChI is InChI=1S/C14H13Cl2NO3S2/c15-12-4-3-10(6-13(12)16)8-22(19,20)9-14(18)17-7-11-2-1-5-21-11/h1-6H,7-9H2,(H,17,18). The van der Waals surface area contributed by atoms with Gasteiger partial charge in [-0.2, -0.15) is 0 Å². The van der Waals surface area contributed by atoms with E-state index in [4.69, 9.17) is 23.2 Å². The maximum absolute atomic E-state index is 12.0. The lowest BCUT2D eigenvalue weighted by Crippen LogP contribution is -2.30. The van der Waals surface area contributed by atoms with Gasteiger partial charge in [0.05, 0.1) is 22.3 Å². The monoisotopic (exact) mass is 377 g/mol. The molecule has 1 aromatic carbocycles. The van der Waals surface area contributed by atoms with Gasteiger partial charge in [0, 0.05) is 4.88 Å². The topological polar surface area (TPSA) is 63.2 Å². The summed E-state index contributed by atoms with van der Waals surface area (Å²) in [6.07, 6.45) is 0. The van der Waals surface area contributed by atoms with Crippen LogP contribution in [-0.2, 0) is 26.9 Å². The van der Waals surface area contributed by atoms with Gasteiger partial charge in [-0.1, -0.05) is 35.3 Å². The van der Waals surface area contributed by atoms with Crippen molar-refractivity contribution in [1.29, 1.82) is 0 Å². The number of sulfone groups is 1. The van der Waals surface area contributed by atoms with Gasteiger partial charge in [-0.25, -0.2) is 8.42 Å². The Labute approximate surface area is 143 Å². The van der Waals surface area contributed by atoms with Gasteiger partial charge in [0.1, 0.15) is 5.75 Å². The van der Waals surface area contributed by atoms with Gasteiger partial charge < -0.3 is 5.32 Å². The molecule has 1 aromatic heterocycles. The van der Waals surface area contributed by atoms with E-state index < -0.39 is 21.5 Å². The molecule has 0 spiro atoms. The molecular formula is C14H13Cl2NO3S2. The Balaban J connectivity index is 1.92. The summed E-state index contributed by atoms with van der Waals surface area (Å²) in [5.41, 5.74) is 0.500. The molecule has 1 amide bonds. The van der Waals surface area contributed by atoms with Gasteiger partial charge in [0.25, 0.3) is 0 Å². The predicted octanol–water partition coefficient (Wildman–Crippen LogP) is 3.29. The highest BCUT2D eigenvalue weighted by Gasteiger charge is 2.18. The molecule has 4 nitrogen and oxygen atoms in total. The zero-order chi connectivity index (χ0) is 16.2. The largest absolute Gasteiger partial charge is 0.350 e. The van der Waals surface area contributed by atoms with Crippen molar-refractivity contribution in [3.05, 3.63) is 56.2 Å². The molecule has 0 saturated heterocycles. The number of rotatable bonds is 6. The zero-order valence-corrected chi connectivity index (χ0v) is 14.5. The lowest BCUT2D eigenvalue weighted by Gasteiger charge is -2.06. The molecule has 0 aliphatic carbocycles. The highest BCUT2D eigenvalue weighted by molar-refractivity contribution is 7.91. The van der Waals surface area contributed by atoms with E-state index in [2.05, 4.69) is 5.32 Å². The summed E-state index contributed by atoms with van der Waals surface area (Å²) in [6, 6.07) is 8.34. The van der Waals surface area contributed by atoms with Crippen LogP contribution in [-0.4, -0.2) is 20.1 Å². The van der Waals surface area contributed by atoms with Gasteiger partial charge >= 0.3 is 0 Å². The predicted molar refractivity (Wildman–Crippen MR) is 90.1 cm³/mol. The van der Waals surface area contributed by atoms with E-state index in [1.165, 1.54) is 23.5 Å². The van der Waals surface area contributed by atoms with E-state index in [9.17, 15) is 13.2 Å². The minimum Gasteiger partial charge on any atom is -0.350 e. The Morgan fingerprint density at radius 3 is 2.59 bits per heavy atom. The third kappa shape index (κ3) is 5.28. The first kappa shape index (κ1) is 17.3. The van der Waals surface area contributed by atoms with Crippen LogP contribution in [0.1, 0.15) is 10.4 Å². The molecule has 22 heavy (non-hydrogen) atoms. The van der Waals surface area contributed by atoms with Crippen LogP contribution in [0.15, 0.2) is 35.7 Å². The third-order valence-corrected chi connectivity index (χ3v) is 5.85. The number of carbonyl (C=O) groups excluding carboxylic acids is 1. The van der Waals surface area contributed by atoms with Crippen molar-refractivity contribution in [3.63, 3.8) is 0 Å². The average molecular weight is 378 g/mol. The molecule has 0 radical (unpaired) electrons. The highest BCUT2D eigenvalue weighted by Crippen LogP contribution is 2.23. The van der Waals surface area contributed by atoms with Crippen LogP contribution >= 0.6 is 34.5 Å². The molecule has 0 saturated carbocycles. The summed E-state index contributed by atoms with van der Waals surface area (Å²) in [7, 11) is -3.56. The van der Waals surface area contributed by atoms with Crippen LogP contribution in [0.4, 0.5) is 0 Å². The van der Waals surface area contributed by atoms with Crippen LogP contribution in [0.3, 0.4) is 0 Å². The number of hydrogen-bond acceptors (Lipinski definition) is 4. The van der Waals surface area contributed by atoms with E-state index in [0.717, 1.165) is 4.88 Å². The van der Waals surface area contributed by atoms with Crippen molar-refractivity contribution in [2.45, 2.75) is 12.3 Å². The van der Waals surface area contributed by atoms with Crippen LogP contribution in [0.25, 0.3) is 0 Å². The van der Waals surface area contributed by atoms with Crippen LogP contribution in [0.2, 0.25) is 10.0 Å². The molecule has 1 N–H and O–H groups in total. The van der Waals surface area contributed by atoms with E-state index in [1.54, 1.807) is 6.07 Å². The fourth-order valence-electron chi connectivity index (χ4n) is 1.78. The lowest BCUT2D eigenvalue weighted by molar-refractivity contribution is -0.118. The van der Waals surface area contributed by atoms with E-state index in [1.807, 2.05) is 17.5 Å². The summed E-state index contributed by atoms with van der Waals surface area (Å²) < 4.78 is 24.1. The first-order valence-corrected chi connectivity index (χ1v) is 9.75. The quantitative estimate of drug-likeness (QED) is 0.839. The number of thiophene rings is 1. The number of amides is 1. The number of benzene rings is 1. The van der Waals surface area contributed by atoms with Crippen molar-refractivity contribution in [2.75, 3.05) is 5.75 Å². The maximum atomic E-state index is 12.0. The normalized spacial score (nSPS) is 11.4. The molecule has 2 rings (SSSR count). The van der Waals surface area contributed by atoms with Crippen LogP contribution in [0, 0.1) is 0 Å². The lowest BCUT2D eigenvalue weighted by atomic mass is 10.2. The number of nitrogens with one attached hydrogen (secondary N) is 1. The van der Waals surface area contributed by atoms with Gasteiger partial charge in [0.2, 0.25) is 5.91 Å². The maximum Gasteiger partial charge on any atom is 0.235 e. The van der Waals surface area contributed by atoms with Crippen molar-refractivity contribution < 1.29 is 13.2 Å². The molecule has 118 valence electrons. The van der Waals surface area contributed by atoms with Gasteiger partial charge in [0.15, 0.2) is 9.84 Å². The summed E-state index contributed by atoms with van der Waals surface area (Å²) >= 11 is 13.1. The Bertz CT molecular complexity index is 758. The second-order valence-electron chi connectivity index (χ2n) is 4.64. The molecule has 0 bridgehead atoms. The first-order chi connectivity index (χ1) is 10.4. The second kappa shape index (κ2) is 7.46. The number of halogens is 2. The molecular weight excluding hydrogens is 365 g/mol. The van der Waals surface area contributed by atoms with E-state index in [0.29, 0.717) is 17.1 Å². The Kier molecular flexibility index (Phi) is 5.86. The molecule has 2 aromatic rings.